The number of carbonyl (C=O) groups is 3. The first-order chi connectivity index (χ1) is 8.75. The van der Waals surface area contributed by atoms with Crippen molar-refractivity contribution in [1.29, 1.82) is 0 Å². The van der Waals surface area contributed by atoms with Gasteiger partial charge >= 0.3 is 11.9 Å². The number of ether oxygens (including phenoxy) is 1. The maximum absolute atomic E-state index is 11.2. The fraction of sp³-hybridized carbons (Fsp3) is 0.700. The third-order valence-corrected chi connectivity index (χ3v) is 4.61. The molecule has 0 rings (SSSR count). The number of carbonyl (C=O) groups excluding carboxylic acids is 2. The molecule has 0 aromatic rings. The number of aliphatic carboxylic acids is 1. The second-order valence-corrected chi connectivity index (χ2v) is 6.43. The van der Waals surface area contributed by atoms with Crippen LogP contribution in [-0.4, -0.2) is 52.5 Å². The second-order valence-electron chi connectivity index (χ2n) is 3.88. The van der Waals surface area contributed by atoms with E-state index in [2.05, 4.69) is 5.73 Å². The normalized spacial score (nSPS) is 15.4. The molecular weight excluding hydrogens is 292 g/mol. The van der Waals surface area contributed by atoms with Crippen LogP contribution in [0.5, 0.6) is 0 Å². The summed E-state index contributed by atoms with van der Waals surface area (Å²) in [6.07, 6.45) is -0.617. The van der Waals surface area contributed by atoms with Gasteiger partial charge in [0.25, 0.3) is 0 Å². The number of quaternary nitrogens is 1. The van der Waals surface area contributed by atoms with E-state index in [0.29, 0.717) is 5.75 Å². The summed E-state index contributed by atoms with van der Waals surface area (Å²) in [4.78, 5) is 32.7. The van der Waals surface area contributed by atoms with E-state index >= 15 is 0 Å². The van der Waals surface area contributed by atoms with E-state index in [9.17, 15) is 14.4 Å². The number of hydrogen-bond acceptors (Lipinski definition) is 7. The highest BCUT2D eigenvalue weighted by Gasteiger charge is 2.28. The molecule has 19 heavy (non-hydrogen) atoms. The molecule has 0 aromatic heterocycles. The quantitative estimate of drug-likeness (QED) is 0.278. The van der Waals surface area contributed by atoms with Crippen LogP contribution in [0.2, 0.25) is 0 Å². The summed E-state index contributed by atoms with van der Waals surface area (Å²) in [5.41, 5.74) is 9.00. The van der Waals surface area contributed by atoms with Crippen LogP contribution in [0.15, 0.2) is 0 Å². The van der Waals surface area contributed by atoms with Gasteiger partial charge in [-0.3, -0.25) is 14.4 Å². The molecule has 7 nitrogen and oxygen atoms in total. The van der Waals surface area contributed by atoms with Crippen molar-refractivity contribution in [3.63, 3.8) is 0 Å². The fourth-order valence-electron chi connectivity index (χ4n) is 1.02. The van der Waals surface area contributed by atoms with Crippen LogP contribution in [0.3, 0.4) is 0 Å². The summed E-state index contributed by atoms with van der Waals surface area (Å²) in [6.45, 7) is 2.64. The molecule has 0 bridgehead atoms. The molecule has 110 valence electrons. The summed E-state index contributed by atoms with van der Waals surface area (Å²) < 4.78 is 5.02. The molecule has 6 N–H and O–H groups in total. The minimum absolute atomic E-state index is 0.168. The monoisotopic (exact) mass is 311 g/mol. The number of rotatable bonds is 9. The predicted octanol–water partition coefficient (Wildman–Crippen LogP) is -1.09. The van der Waals surface area contributed by atoms with Crippen molar-refractivity contribution in [2.45, 2.75) is 32.0 Å². The van der Waals surface area contributed by atoms with Crippen molar-refractivity contribution >= 4 is 39.3 Å². The van der Waals surface area contributed by atoms with E-state index in [1.165, 1.54) is 35.4 Å². The minimum atomic E-state index is -1.07. The predicted molar refractivity (Wildman–Crippen MR) is 73.4 cm³/mol. The van der Waals surface area contributed by atoms with Gasteiger partial charge in [-0.15, -0.1) is 0 Å². The molecule has 3 unspecified atom stereocenters. The lowest BCUT2D eigenvalue weighted by atomic mass is 10.1. The fourth-order valence-corrected chi connectivity index (χ4v) is 3.35. The Morgan fingerprint density at radius 3 is 2.21 bits per heavy atom. The lowest BCUT2D eigenvalue weighted by Gasteiger charge is -2.18. The smallest absolute Gasteiger partial charge is 0.321 e. The molecule has 0 saturated carbocycles. The largest absolute Gasteiger partial charge is 0.480 e. The highest BCUT2D eigenvalue weighted by molar-refractivity contribution is 8.76. The van der Waals surface area contributed by atoms with Gasteiger partial charge in [-0.25, -0.2) is 0 Å². The standard InChI is InChI=1S/C10H18N2O5S2/c1-5(13)9(12)8(17-6(2)14)4-19-18-3-7(11)10(15)16/h7-9H,3-4,11-12H2,1-2H3,(H,15,16)/p+1. The second kappa shape index (κ2) is 9.18. The molecule has 0 saturated heterocycles. The van der Waals surface area contributed by atoms with Gasteiger partial charge in [0.15, 0.2) is 17.9 Å². The maximum Gasteiger partial charge on any atom is 0.321 e. The lowest BCUT2D eigenvalue weighted by molar-refractivity contribution is -0.417. The Labute approximate surface area is 119 Å². The molecule has 0 amide bonds. The van der Waals surface area contributed by atoms with Crippen molar-refractivity contribution < 1.29 is 30.0 Å². The van der Waals surface area contributed by atoms with Crippen LogP contribution in [-0.2, 0) is 19.1 Å². The first-order valence-electron chi connectivity index (χ1n) is 5.49. The highest BCUT2D eigenvalue weighted by atomic mass is 33.1. The summed E-state index contributed by atoms with van der Waals surface area (Å²) in [6, 6.07) is -1.57. The zero-order valence-corrected chi connectivity index (χ0v) is 12.5. The van der Waals surface area contributed by atoms with Crippen LogP contribution >= 0.6 is 21.6 Å². The van der Waals surface area contributed by atoms with E-state index in [-0.39, 0.29) is 11.5 Å². The Balaban J connectivity index is 4.16. The molecule has 0 spiro atoms. The van der Waals surface area contributed by atoms with E-state index in [1.54, 1.807) is 0 Å². The Bertz CT molecular complexity index is 340. The third kappa shape index (κ3) is 8.09. The summed E-state index contributed by atoms with van der Waals surface area (Å²) in [5, 5.41) is 8.60. The number of carboxylic acids is 1. The van der Waals surface area contributed by atoms with E-state index in [1.807, 2.05) is 0 Å². The third-order valence-electron chi connectivity index (χ3n) is 2.17. The van der Waals surface area contributed by atoms with E-state index in [0.717, 1.165) is 0 Å². The van der Waals surface area contributed by atoms with Crippen LogP contribution in [0, 0.1) is 0 Å². The Morgan fingerprint density at radius 2 is 1.79 bits per heavy atom. The SMILES string of the molecule is CC(=O)OC(CSSCC(N)C(=O)O)C([NH3+])C(C)=O. The van der Waals surface area contributed by atoms with E-state index in [4.69, 9.17) is 15.6 Å². The average molecular weight is 311 g/mol. The Kier molecular flexibility index (Phi) is 8.81. The zero-order chi connectivity index (χ0) is 15.0. The number of nitrogens with two attached hydrogens (primary N) is 1. The highest BCUT2D eigenvalue weighted by Crippen LogP contribution is 2.24. The minimum Gasteiger partial charge on any atom is -0.480 e. The first-order valence-corrected chi connectivity index (χ1v) is 7.98. The van der Waals surface area contributed by atoms with Crippen LogP contribution < -0.4 is 11.5 Å². The van der Waals surface area contributed by atoms with Gasteiger partial charge in [-0.05, 0) is 0 Å². The molecule has 3 atom stereocenters. The van der Waals surface area contributed by atoms with Crippen molar-refractivity contribution in [2.75, 3.05) is 11.5 Å². The van der Waals surface area contributed by atoms with Gasteiger partial charge in [-0.2, -0.15) is 0 Å². The van der Waals surface area contributed by atoms with Crippen LogP contribution in [0.25, 0.3) is 0 Å². The average Bonchev–Trinajstić information content (AvgIpc) is 2.30. The molecular formula is C10H19N2O5S2+. The first kappa shape index (κ1) is 18.2. The Morgan fingerprint density at radius 1 is 1.26 bits per heavy atom. The van der Waals surface area contributed by atoms with Crippen LogP contribution in [0.4, 0.5) is 0 Å². The van der Waals surface area contributed by atoms with Crippen LogP contribution in [0.1, 0.15) is 13.8 Å². The number of esters is 1. The van der Waals surface area contributed by atoms with Crippen molar-refractivity contribution in [3.8, 4) is 0 Å². The van der Waals surface area contributed by atoms with E-state index < -0.39 is 30.1 Å². The molecule has 0 radical (unpaired) electrons. The van der Waals surface area contributed by atoms with Gasteiger partial charge in [0, 0.05) is 25.4 Å². The van der Waals surface area contributed by atoms with Crippen molar-refractivity contribution in [1.82, 2.24) is 0 Å². The molecule has 0 aromatic carbocycles. The molecule has 0 fully saturated rings. The number of Topliss-reactive ketones (excluding diaryl/α,β-unsaturated/α-hetero) is 1. The zero-order valence-electron chi connectivity index (χ0n) is 10.8. The van der Waals surface area contributed by atoms with Crippen molar-refractivity contribution in [2.24, 2.45) is 5.73 Å². The van der Waals surface area contributed by atoms with Gasteiger partial charge in [0.2, 0.25) is 0 Å². The maximum atomic E-state index is 11.2. The summed E-state index contributed by atoms with van der Waals surface area (Å²) in [5.74, 6) is -1.13. The molecule has 0 aliphatic rings. The number of hydrogen-bond donors (Lipinski definition) is 3. The Hall–Kier alpha value is -0.770. The molecule has 9 heteroatoms. The van der Waals surface area contributed by atoms with Gasteiger partial charge in [0.05, 0.1) is 0 Å². The topological polar surface area (TPSA) is 134 Å². The molecule has 0 heterocycles. The number of carboxylic acid groups (broad SMARTS) is 1. The molecule has 0 aliphatic carbocycles. The molecule has 0 aliphatic heterocycles. The van der Waals surface area contributed by atoms with Gasteiger partial charge in [0.1, 0.15) is 6.04 Å². The summed E-state index contributed by atoms with van der Waals surface area (Å²) in [7, 11) is 2.55. The lowest BCUT2D eigenvalue weighted by Crippen LogP contribution is -2.70. The van der Waals surface area contributed by atoms with Crippen molar-refractivity contribution in [3.05, 3.63) is 0 Å². The summed E-state index contributed by atoms with van der Waals surface area (Å²) >= 11 is 0. The van der Waals surface area contributed by atoms with Gasteiger partial charge in [-0.1, -0.05) is 21.6 Å². The number of ketones is 1. The van der Waals surface area contributed by atoms with Gasteiger partial charge < -0.3 is 21.3 Å².